The molecule has 24 heavy (non-hydrogen) atoms. The van der Waals surface area contributed by atoms with Gasteiger partial charge in [-0.3, -0.25) is 0 Å². The number of fused-ring (bicyclic) bond motifs is 1. The van der Waals surface area contributed by atoms with Gasteiger partial charge in [0.25, 0.3) is 0 Å². The minimum atomic E-state index is -0.337. The number of hydrogen-bond donors (Lipinski definition) is 0. The van der Waals surface area contributed by atoms with Gasteiger partial charge in [-0.1, -0.05) is 38.0 Å². The Hall–Kier alpha value is -2.49. The second kappa shape index (κ2) is 8.96. The second-order valence-corrected chi connectivity index (χ2v) is 5.57. The first-order valence-electron chi connectivity index (χ1n) is 8.22. The number of unbranched alkanes of at least 4 members (excludes halogenated alkanes) is 2. The van der Waals surface area contributed by atoms with Crippen molar-refractivity contribution >= 4 is 11.0 Å². The minimum Gasteiger partial charge on any atom is -0.493 e. The quantitative estimate of drug-likeness (QED) is 0.397. The maximum atomic E-state index is 11.6. The Morgan fingerprint density at radius 2 is 1.92 bits per heavy atom. The Labute approximate surface area is 142 Å². The number of allylic oxidation sites excluding steroid dienone is 3. The van der Waals surface area contributed by atoms with Gasteiger partial charge in [-0.25, -0.2) is 4.79 Å². The highest BCUT2D eigenvalue weighted by Gasteiger charge is 2.09. The maximum absolute atomic E-state index is 11.6. The van der Waals surface area contributed by atoms with Crippen LogP contribution in [0.1, 0.15) is 31.7 Å². The van der Waals surface area contributed by atoms with Gasteiger partial charge in [0, 0.05) is 17.0 Å². The molecule has 2 rings (SSSR count). The van der Waals surface area contributed by atoms with Crippen molar-refractivity contribution in [1.29, 1.82) is 0 Å². The summed E-state index contributed by atoms with van der Waals surface area (Å²) in [4.78, 5) is 11.6. The lowest BCUT2D eigenvalue weighted by Crippen LogP contribution is -2.03. The summed E-state index contributed by atoms with van der Waals surface area (Å²) < 4.78 is 16.4. The van der Waals surface area contributed by atoms with Crippen LogP contribution in [0.25, 0.3) is 11.0 Å². The van der Waals surface area contributed by atoms with Gasteiger partial charge in [0.2, 0.25) is 0 Å². The van der Waals surface area contributed by atoms with Crippen LogP contribution in [0.3, 0.4) is 0 Å². The van der Waals surface area contributed by atoms with E-state index in [1.165, 1.54) is 12.8 Å². The highest BCUT2D eigenvalue weighted by Crippen LogP contribution is 2.32. The minimum absolute atomic E-state index is 0.337. The number of rotatable bonds is 8. The molecule has 1 heterocycles. The van der Waals surface area contributed by atoms with Crippen LogP contribution in [-0.2, 0) is 0 Å². The van der Waals surface area contributed by atoms with Gasteiger partial charge >= 0.3 is 5.63 Å². The fourth-order valence-electron chi connectivity index (χ4n) is 2.27. The van der Waals surface area contributed by atoms with Crippen LogP contribution in [0.5, 0.6) is 11.5 Å². The molecule has 2 aromatic rings. The molecule has 0 unspecified atom stereocenters. The van der Waals surface area contributed by atoms with Crippen LogP contribution >= 0.6 is 0 Å². The van der Waals surface area contributed by atoms with Gasteiger partial charge in [0.05, 0.1) is 7.11 Å². The first-order chi connectivity index (χ1) is 11.7. The van der Waals surface area contributed by atoms with E-state index in [1.807, 2.05) is 24.3 Å². The van der Waals surface area contributed by atoms with Crippen LogP contribution in [-0.4, -0.2) is 13.7 Å². The summed E-state index contributed by atoms with van der Waals surface area (Å²) in [7, 11) is 1.56. The molecular weight excluding hydrogens is 304 g/mol. The fraction of sp³-hybridized carbons (Fsp3) is 0.350. The molecule has 1 aromatic heterocycles. The first-order valence-corrected chi connectivity index (χ1v) is 8.22. The van der Waals surface area contributed by atoms with E-state index in [0.29, 0.717) is 29.3 Å². The number of ether oxygens (including phenoxy) is 2. The van der Waals surface area contributed by atoms with Crippen molar-refractivity contribution in [1.82, 2.24) is 0 Å². The zero-order valence-corrected chi connectivity index (χ0v) is 14.5. The molecule has 0 amide bonds. The molecule has 4 nitrogen and oxygen atoms in total. The Bertz CT molecular complexity index is 784. The Morgan fingerprint density at radius 1 is 1.12 bits per heavy atom. The highest BCUT2D eigenvalue weighted by molar-refractivity contribution is 5.81. The Kier molecular flexibility index (Phi) is 6.67. The number of hydrogen-bond acceptors (Lipinski definition) is 4. The standard InChI is InChI=1S/C20H24O4/c1-4-5-6-7-8-9-10-11-23-19-13-16-12-15(2)20(21)24-17(16)14-18(19)22-3/h7-10,12-14H,4-6,11H2,1-3H3. The molecule has 0 saturated heterocycles. The van der Waals surface area contributed by atoms with Crippen molar-refractivity contribution in [3.05, 3.63) is 58.5 Å². The summed E-state index contributed by atoms with van der Waals surface area (Å²) >= 11 is 0. The Morgan fingerprint density at radius 3 is 2.67 bits per heavy atom. The van der Waals surface area contributed by atoms with Gasteiger partial charge in [-0.15, -0.1) is 0 Å². The van der Waals surface area contributed by atoms with Crippen molar-refractivity contribution in [3.63, 3.8) is 0 Å². The van der Waals surface area contributed by atoms with E-state index < -0.39 is 0 Å². The largest absolute Gasteiger partial charge is 0.493 e. The van der Waals surface area contributed by atoms with Crippen molar-refractivity contribution in [2.24, 2.45) is 0 Å². The van der Waals surface area contributed by atoms with E-state index in [0.717, 1.165) is 11.8 Å². The van der Waals surface area contributed by atoms with E-state index in [1.54, 1.807) is 26.2 Å². The molecule has 0 aliphatic carbocycles. The van der Waals surface area contributed by atoms with E-state index in [-0.39, 0.29) is 5.63 Å². The maximum Gasteiger partial charge on any atom is 0.339 e. The summed E-state index contributed by atoms with van der Waals surface area (Å²) in [5.41, 5.74) is 0.718. The molecule has 0 aliphatic heterocycles. The summed E-state index contributed by atoms with van der Waals surface area (Å²) in [6.45, 7) is 4.35. The topological polar surface area (TPSA) is 48.7 Å². The van der Waals surface area contributed by atoms with Gasteiger partial charge in [0.15, 0.2) is 11.5 Å². The normalized spacial score (nSPS) is 11.6. The van der Waals surface area contributed by atoms with Crippen molar-refractivity contribution < 1.29 is 13.9 Å². The molecule has 4 heteroatoms. The molecule has 0 atom stereocenters. The van der Waals surface area contributed by atoms with Gasteiger partial charge in [-0.05, 0) is 31.6 Å². The molecule has 1 aromatic carbocycles. The summed E-state index contributed by atoms with van der Waals surface area (Å²) in [6.07, 6.45) is 11.6. The molecule has 0 saturated carbocycles. The van der Waals surface area contributed by atoms with Crippen molar-refractivity contribution in [2.45, 2.75) is 33.1 Å². The second-order valence-electron chi connectivity index (χ2n) is 5.57. The lowest BCUT2D eigenvalue weighted by Gasteiger charge is -2.10. The smallest absolute Gasteiger partial charge is 0.339 e. The highest BCUT2D eigenvalue weighted by atomic mass is 16.5. The van der Waals surface area contributed by atoms with E-state index in [9.17, 15) is 4.79 Å². The van der Waals surface area contributed by atoms with Crippen molar-refractivity contribution in [3.8, 4) is 11.5 Å². The van der Waals surface area contributed by atoms with E-state index in [4.69, 9.17) is 13.9 Å². The SMILES string of the molecule is CCCCC=CC=CCOc1cc2cc(C)c(=O)oc2cc1OC. The molecule has 0 bridgehead atoms. The van der Waals surface area contributed by atoms with E-state index in [2.05, 4.69) is 13.0 Å². The summed E-state index contributed by atoms with van der Waals surface area (Å²) in [5, 5.41) is 0.811. The third-order valence-corrected chi connectivity index (χ3v) is 3.64. The molecule has 128 valence electrons. The summed E-state index contributed by atoms with van der Waals surface area (Å²) in [5.74, 6) is 1.17. The van der Waals surface area contributed by atoms with Gasteiger partial charge in [-0.2, -0.15) is 0 Å². The third-order valence-electron chi connectivity index (χ3n) is 3.64. The third kappa shape index (κ3) is 4.75. The zero-order valence-electron chi connectivity index (χ0n) is 14.5. The molecule has 0 spiro atoms. The van der Waals surface area contributed by atoms with Crippen LogP contribution < -0.4 is 15.1 Å². The molecule has 0 aliphatic rings. The first kappa shape index (κ1) is 17.9. The van der Waals surface area contributed by atoms with Gasteiger partial charge < -0.3 is 13.9 Å². The van der Waals surface area contributed by atoms with Crippen molar-refractivity contribution in [2.75, 3.05) is 13.7 Å². The predicted octanol–water partition coefficient (Wildman–Crippen LogP) is 4.79. The van der Waals surface area contributed by atoms with Crippen LogP contribution in [0.15, 0.2) is 51.7 Å². The predicted molar refractivity (Wildman–Crippen MR) is 97.1 cm³/mol. The van der Waals surface area contributed by atoms with E-state index >= 15 is 0 Å². The zero-order chi connectivity index (χ0) is 17.4. The average molecular weight is 328 g/mol. The van der Waals surface area contributed by atoms with Crippen LogP contribution in [0, 0.1) is 6.92 Å². The Balaban J connectivity index is 2.08. The number of methoxy groups -OCH3 is 1. The molecule has 0 radical (unpaired) electrons. The van der Waals surface area contributed by atoms with Gasteiger partial charge in [0.1, 0.15) is 12.2 Å². The number of aryl methyl sites for hydroxylation is 1. The van der Waals surface area contributed by atoms with Crippen LogP contribution in [0.4, 0.5) is 0 Å². The molecule has 0 N–H and O–H groups in total. The fourth-order valence-corrected chi connectivity index (χ4v) is 2.27. The lowest BCUT2D eigenvalue weighted by atomic mass is 10.2. The van der Waals surface area contributed by atoms with Crippen LogP contribution in [0.2, 0.25) is 0 Å². The number of benzene rings is 1. The monoisotopic (exact) mass is 328 g/mol. The molecular formula is C20H24O4. The summed E-state index contributed by atoms with van der Waals surface area (Å²) in [6, 6.07) is 5.30. The lowest BCUT2D eigenvalue weighted by molar-refractivity contribution is 0.326. The molecule has 0 fully saturated rings. The average Bonchev–Trinajstić information content (AvgIpc) is 2.58.